The molecule has 1 aromatic heterocycles. The van der Waals surface area contributed by atoms with Gasteiger partial charge in [-0.2, -0.15) is 0 Å². The van der Waals surface area contributed by atoms with E-state index in [0.29, 0.717) is 30.9 Å². The second kappa shape index (κ2) is 9.21. The molecular weight excluding hydrogens is 302 g/mol. The number of carbonyl (C=O) groups is 2. The molecule has 5 heteroatoms. The van der Waals surface area contributed by atoms with Gasteiger partial charge in [-0.15, -0.1) is 0 Å². The van der Waals surface area contributed by atoms with Gasteiger partial charge in [0.15, 0.2) is 0 Å². The number of nitrogens with one attached hydrogen (secondary N) is 1. The number of nitrogens with zero attached hydrogens (tertiary/aromatic N) is 2. The monoisotopic (exact) mass is 329 g/mol. The lowest BCUT2D eigenvalue weighted by atomic mass is 9.97. The van der Waals surface area contributed by atoms with Gasteiger partial charge in [-0.1, -0.05) is 11.6 Å². The fourth-order valence-corrected chi connectivity index (χ4v) is 2.94. The minimum absolute atomic E-state index is 0.0659. The maximum absolute atomic E-state index is 12.4. The fraction of sp³-hybridized carbons (Fsp3) is 0.526. The minimum atomic E-state index is -0.222. The lowest BCUT2D eigenvalue weighted by molar-refractivity contribution is 0.0773. The fourth-order valence-electron chi connectivity index (χ4n) is 2.94. The summed E-state index contributed by atoms with van der Waals surface area (Å²) >= 11 is 0. The van der Waals surface area contributed by atoms with E-state index in [-0.39, 0.29) is 11.8 Å². The quantitative estimate of drug-likeness (QED) is 0.782. The Balaban J connectivity index is 1.93. The molecule has 24 heavy (non-hydrogen) atoms. The average molecular weight is 329 g/mol. The zero-order valence-corrected chi connectivity index (χ0v) is 14.7. The van der Waals surface area contributed by atoms with Crippen LogP contribution in [0.25, 0.3) is 0 Å². The maximum Gasteiger partial charge on any atom is 0.269 e. The van der Waals surface area contributed by atoms with Gasteiger partial charge in [-0.05, 0) is 58.1 Å². The van der Waals surface area contributed by atoms with Crippen LogP contribution in [0.3, 0.4) is 0 Å². The van der Waals surface area contributed by atoms with Crippen LogP contribution in [0, 0.1) is 0 Å². The van der Waals surface area contributed by atoms with Gasteiger partial charge in [-0.25, -0.2) is 0 Å². The highest BCUT2D eigenvalue weighted by Crippen LogP contribution is 2.19. The molecule has 0 atom stereocenters. The molecule has 0 unspecified atom stereocenters. The van der Waals surface area contributed by atoms with E-state index in [2.05, 4.69) is 16.4 Å². The van der Waals surface area contributed by atoms with E-state index in [0.717, 1.165) is 19.3 Å². The van der Waals surface area contributed by atoms with Crippen molar-refractivity contribution >= 4 is 11.8 Å². The zero-order chi connectivity index (χ0) is 17.4. The van der Waals surface area contributed by atoms with Gasteiger partial charge in [-0.3, -0.25) is 14.6 Å². The molecule has 0 spiro atoms. The zero-order valence-electron chi connectivity index (χ0n) is 14.7. The summed E-state index contributed by atoms with van der Waals surface area (Å²) in [5, 5.41) is 2.90. The number of aromatic nitrogens is 1. The van der Waals surface area contributed by atoms with Crippen LogP contribution in [0.4, 0.5) is 0 Å². The molecule has 1 aliphatic carbocycles. The largest absolute Gasteiger partial charge is 0.350 e. The number of allylic oxidation sites excluding steroid dienone is 1. The van der Waals surface area contributed by atoms with Crippen molar-refractivity contribution in [1.29, 1.82) is 0 Å². The van der Waals surface area contributed by atoms with Crippen LogP contribution in [-0.4, -0.2) is 41.3 Å². The Morgan fingerprint density at radius 1 is 1.25 bits per heavy atom. The van der Waals surface area contributed by atoms with Gasteiger partial charge in [0.25, 0.3) is 11.8 Å². The number of hydrogen-bond donors (Lipinski definition) is 1. The molecule has 2 rings (SSSR count). The Hall–Kier alpha value is -2.17. The second-order valence-electron chi connectivity index (χ2n) is 6.02. The first kappa shape index (κ1) is 18.2. The molecular formula is C19H27N3O2. The van der Waals surface area contributed by atoms with Gasteiger partial charge in [0.1, 0.15) is 5.69 Å². The lowest BCUT2D eigenvalue weighted by Crippen LogP contribution is -2.31. The molecule has 130 valence electrons. The van der Waals surface area contributed by atoms with E-state index in [4.69, 9.17) is 0 Å². The number of amides is 2. The predicted octanol–water partition coefficient (Wildman–Crippen LogP) is 3.18. The van der Waals surface area contributed by atoms with Crippen LogP contribution in [0.15, 0.2) is 30.0 Å². The summed E-state index contributed by atoms with van der Waals surface area (Å²) in [6, 6.07) is 3.24. The van der Waals surface area contributed by atoms with Gasteiger partial charge in [0, 0.05) is 31.4 Å². The molecule has 1 heterocycles. The van der Waals surface area contributed by atoms with Crippen LogP contribution >= 0.6 is 0 Å². The summed E-state index contributed by atoms with van der Waals surface area (Å²) < 4.78 is 0. The molecule has 0 aliphatic heterocycles. The van der Waals surface area contributed by atoms with Crippen molar-refractivity contribution in [3.63, 3.8) is 0 Å². The number of carbonyl (C=O) groups excluding carboxylic acids is 2. The Labute approximate surface area is 144 Å². The van der Waals surface area contributed by atoms with Crippen molar-refractivity contribution < 1.29 is 9.59 Å². The number of rotatable bonds is 7. The Morgan fingerprint density at radius 3 is 2.71 bits per heavy atom. The van der Waals surface area contributed by atoms with E-state index < -0.39 is 0 Å². The molecule has 0 aromatic carbocycles. The predicted molar refractivity (Wildman–Crippen MR) is 95.0 cm³/mol. The van der Waals surface area contributed by atoms with Crippen LogP contribution in [0.1, 0.15) is 66.8 Å². The van der Waals surface area contributed by atoms with Crippen LogP contribution in [0.2, 0.25) is 0 Å². The summed E-state index contributed by atoms with van der Waals surface area (Å²) in [4.78, 5) is 30.4. The average Bonchev–Trinajstić information content (AvgIpc) is 2.63. The molecule has 5 nitrogen and oxygen atoms in total. The van der Waals surface area contributed by atoms with Crippen molar-refractivity contribution in [2.24, 2.45) is 0 Å². The van der Waals surface area contributed by atoms with Crippen LogP contribution in [-0.2, 0) is 0 Å². The summed E-state index contributed by atoms with van der Waals surface area (Å²) in [5.41, 5.74) is 2.24. The van der Waals surface area contributed by atoms with E-state index in [1.165, 1.54) is 24.6 Å². The smallest absolute Gasteiger partial charge is 0.269 e. The summed E-state index contributed by atoms with van der Waals surface area (Å²) in [6.07, 6.45) is 9.52. The highest BCUT2D eigenvalue weighted by atomic mass is 16.2. The highest BCUT2D eigenvalue weighted by molar-refractivity contribution is 5.98. The maximum atomic E-state index is 12.4. The number of pyridine rings is 1. The molecule has 2 amide bonds. The van der Waals surface area contributed by atoms with E-state index >= 15 is 0 Å². The van der Waals surface area contributed by atoms with Gasteiger partial charge in [0.05, 0.1) is 0 Å². The standard InChI is InChI=1S/C19H27N3O2/c1-3-22(4-2)19(24)16-11-13-20-17(14-16)18(23)21-12-10-15-8-6-5-7-9-15/h8,11,13-14H,3-7,9-10,12H2,1-2H3,(H,21,23). The van der Waals surface area contributed by atoms with E-state index in [1.807, 2.05) is 13.8 Å². The molecule has 1 aliphatic rings. The molecule has 0 saturated heterocycles. The van der Waals surface area contributed by atoms with Crippen LogP contribution < -0.4 is 5.32 Å². The van der Waals surface area contributed by atoms with E-state index in [9.17, 15) is 9.59 Å². The minimum Gasteiger partial charge on any atom is -0.350 e. The lowest BCUT2D eigenvalue weighted by Gasteiger charge is -2.18. The van der Waals surface area contributed by atoms with E-state index in [1.54, 1.807) is 17.0 Å². The SMILES string of the molecule is CCN(CC)C(=O)c1ccnc(C(=O)NCCC2=CCCCC2)c1. The summed E-state index contributed by atoms with van der Waals surface area (Å²) in [5.74, 6) is -0.288. The Kier molecular flexibility index (Phi) is 6.97. The van der Waals surface area contributed by atoms with Crippen molar-refractivity contribution in [1.82, 2.24) is 15.2 Å². The van der Waals surface area contributed by atoms with Crippen molar-refractivity contribution in [3.8, 4) is 0 Å². The Bertz CT molecular complexity index is 606. The van der Waals surface area contributed by atoms with Crippen LogP contribution in [0.5, 0.6) is 0 Å². The molecule has 0 bridgehead atoms. The van der Waals surface area contributed by atoms with Crippen molar-refractivity contribution in [2.75, 3.05) is 19.6 Å². The third kappa shape index (κ3) is 4.91. The molecule has 1 aromatic rings. The first-order chi connectivity index (χ1) is 11.7. The van der Waals surface area contributed by atoms with Gasteiger partial charge in [0.2, 0.25) is 0 Å². The Morgan fingerprint density at radius 2 is 2.04 bits per heavy atom. The summed E-state index contributed by atoms with van der Waals surface area (Å²) in [7, 11) is 0. The van der Waals surface area contributed by atoms with Gasteiger partial charge < -0.3 is 10.2 Å². The molecule has 0 saturated carbocycles. The first-order valence-corrected chi connectivity index (χ1v) is 8.87. The van der Waals surface area contributed by atoms with Crippen molar-refractivity contribution in [2.45, 2.75) is 46.0 Å². The number of hydrogen-bond acceptors (Lipinski definition) is 3. The molecule has 1 N–H and O–H groups in total. The first-order valence-electron chi connectivity index (χ1n) is 8.87. The summed E-state index contributed by atoms with van der Waals surface area (Å²) in [6.45, 7) is 5.79. The second-order valence-corrected chi connectivity index (χ2v) is 6.02. The van der Waals surface area contributed by atoms with Crippen molar-refractivity contribution in [3.05, 3.63) is 41.2 Å². The normalized spacial score (nSPS) is 14.0. The molecule has 0 radical (unpaired) electrons. The highest BCUT2D eigenvalue weighted by Gasteiger charge is 2.15. The topological polar surface area (TPSA) is 62.3 Å². The van der Waals surface area contributed by atoms with Gasteiger partial charge >= 0.3 is 0 Å². The third-order valence-electron chi connectivity index (χ3n) is 4.41. The molecule has 0 fully saturated rings. The third-order valence-corrected chi connectivity index (χ3v) is 4.41.